The van der Waals surface area contributed by atoms with Crippen molar-refractivity contribution in [1.82, 2.24) is 9.78 Å². The number of aryl methyl sites for hydroxylation is 1. The zero-order chi connectivity index (χ0) is 16.2. The zero-order valence-electron chi connectivity index (χ0n) is 11.2. The van der Waals surface area contributed by atoms with E-state index in [1.165, 1.54) is 17.8 Å². The van der Waals surface area contributed by atoms with Crippen LogP contribution in [0.25, 0.3) is 11.3 Å². The topological polar surface area (TPSA) is 132 Å². The highest BCUT2D eigenvalue weighted by atomic mass is 32.2. The van der Waals surface area contributed by atoms with Crippen molar-refractivity contribution >= 4 is 21.5 Å². The summed E-state index contributed by atoms with van der Waals surface area (Å²) in [6, 6.07) is 3.40. The lowest BCUT2D eigenvalue weighted by molar-refractivity contribution is -0.384. The summed E-state index contributed by atoms with van der Waals surface area (Å²) >= 11 is 0. The van der Waals surface area contributed by atoms with E-state index in [-0.39, 0.29) is 33.1 Å². The van der Waals surface area contributed by atoms with Gasteiger partial charge in [0.15, 0.2) is 15.5 Å². The Kier molecular flexibility index (Phi) is 2.82. The molecule has 0 saturated carbocycles. The number of carboxylic acid groups (broad SMARTS) is 1. The summed E-state index contributed by atoms with van der Waals surface area (Å²) in [7, 11) is -2.32. The Bertz CT molecular complexity index is 944. The van der Waals surface area contributed by atoms with Gasteiger partial charge in [-0.3, -0.25) is 14.8 Å². The van der Waals surface area contributed by atoms with Crippen LogP contribution in [0.1, 0.15) is 16.1 Å². The number of hydrogen-bond donors (Lipinski definition) is 1. The molecule has 3 rings (SSSR count). The number of carbonyl (C=O) groups is 1. The third-order valence-corrected chi connectivity index (χ3v) is 5.14. The SMILES string of the molecule is Cn1nc(C(=O)O)c2c1-c1cc([N+](=O)[O-])ccc1S(=O)(=O)C2. The molecule has 1 aliphatic rings. The van der Waals surface area contributed by atoms with Gasteiger partial charge in [-0.25, -0.2) is 13.2 Å². The molecule has 0 bridgehead atoms. The smallest absolute Gasteiger partial charge is 0.356 e. The minimum atomic E-state index is -3.78. The lowest BCUT2D eigenvalue weighted by atomic mass is 10.1. The summed E-state index contributed by atoms with van der Waals surface area (Å²) in [5, 5.41) is 23.8. The number of aromatic nitrogens is 2. The molecule has 1 aromatic heterocycles. The average molecular weight is 323 g/mol. The van der Waals surface area contributed by atoms with Crippen LogP contribution < -0.4 is 0 Å². The van der Waals surface area contributed by atoms with Crippen molar-refractivity contribution in [2.75, 3.05) is 0 Å². The van der Waals surface area contributed by atoms with Gasteiger partial charge >= 0.3 is 5.97 Å². The lowest BCUT2D eigenvalue weighted by Gasteiger charge is -2.17. The fourth-order valence-electron chi connectivity index (χ4n) is 2.57. The molecule has 0 aliphatic carbocycles. The Morgan fingerprint density at radius 3 is 2.73 bits per heavy atom. The molecule has 0 radical (unpaired) electrons. The molecule has 114 valence electrons. The molecule has 22 heavy (non-hydrogen) atoms. The highest BCUT2D eigenvalue weighted by molar-refractivity contribution is 7.90. The molecule has 0 fully saturated rings. The highest BCUT2D eigenvalue weighted by Crippen LogP contribution is 2.40. The van der Waals surface area contributed by atoms with Crippen molar-refractivity contribution in [2.24, 2.45) is 7.05 Å². The molecule has 0 unspecified atom stereocenters. The van der Waals surface area contributed by atoms with E-state index in [0.29, 0.717) is 0 Å². The second kappa shape index (κ2) is 4.37. The van der Waals surface area contributed by atoms with Gasteiger partial charge < -0.3 is 5.11 Å². The number of fused-ring (bicyclic) bond motifs is 3. The normalized spacial score (nSPS) is 15.0. The summed E-state index contributed by atoms with van der Waals surface area (Å²) < 4.78 is 25.8. The van der Waals surface area contributed by atoms with Crippen molar-refractivity contribution in [2.45, 2.75) is 10.6 Å². The van der Waals surface area contributed by atoms with Gasteiger partial charge in [-0.05, 0) is 6.07 Å². The van der Waals surface area contributed by atoms with Gasteiger partial charge in [0.25, 0.3) is 5.69 Å². The predicted octanol–water partition coefficient (Wildman–Crippen LogP) is 0.981. The van der Waals surface area contributed by atoms with E-state index in [2.05, 4.69) is 5.10 Å². The first-order chi connectivity index (χ1) is 10.2. The number of aromatic carboxylic acids is 1. The maximum Gasteiger partial charge on any atom is 0.356 e. The number of carboxylic acids is 1. The van der Waals surface area contributed by atoms with Crippen LogP contribution in [0.3, 0.4) is 0 Å². The summed E-state index contributed by atoms with van der Waals surface area (Å²) in [6.07, 6.45) is 0. The minimum absolute atomic E-state index is 0.0444. The lowest BCUT2D eigenvalue weighted by Crippen LogP contribution is -2.15. The van der Waals surface area contributed by atoms with Crippen molar-refractivity contribution in [3.05, 3.63) is 39.6 Å². The van der Waals surface area contributed by atoms with Crippen LogP contribution in [-0.4, -0.2) is 34.2 Å². The number of nitro groups is 1. The number of hydrogen-bond acceptors (Lipinski definition) is 6. The number of nitrogens with zero attached hydrogens (tertiary/aromatic N) is 3. The summed E-state index contributed by atoms with van der Waals surface area (Å²) in [5.41, 5.74) is -0.232. The minimum Gasteiger partial charge on any atom is -0.476 e. The van der Waals surface area contributed by atoms with Crippen LogP contribution in [0.4, 0.5) is 5.69 Å². The fraction of sp³-hybridized carbons (Fsp3) is 0.167. The van der Waals surface area contributed by atoms with Gasteiger partial charge in [-0.15, -0.1) is 0 Å². The molecule has 0 atom stereocenters. The maximum atomic E-state index is 12.3. The molecule has 0 spiro atoms. The Hall–Kier alpha value is -2.75. The van der Waals surface area contributed by atoms with Crippen LogP contribution >= 0.6 is 0 Å². The second-order valence-corrected chi connectivity index (χ2v) is 6.76. The van der Waals surface area contributed by atoms with E-state index in [0.717, 1.165) is 12.1 Å². The zero-order valence-corrected chi connectivity index (χ0v) is 12.0. The van der Waals surface area contributed by atoms with E-state index in [1.54, 1.807) is 0 Å². The maximum absolute atomic E-state index is 12.3. The highest BCUT2D eigenvalue weighted by Gasteiger charge is 2.35. The third kappa shape index (κ3) is 1.88. The van der Waals surface area contributed by atoms with Crippen molar-refractivity contribution in [3.8, 4) is 11.3 Å². The fourth-order valence-corrected chi connectivity index (χ4v) is 4.14. The monoisotopic (exact) mass is 323 g/mol. The van der Waals surface area contributed by atoms with E-state index in [1.807, 2.05) is 0 Å². The number of nitro benzene ring substituents is 1. The Labute approximate surface area is 123 Å². The number of rotatable bonds is 2. The first-order valence-corrected chi connectivity index (χ1v) is 7.68. The molecule has 1 aliphatic heterocycles. The first-order valence-electron chi connectivity index (χ1n) is 6.03. The van der Waals surface area contributed by atoms with E-state index in [9.17, 15) is 23.3 Å². The van der Waals surface area contributed by atoms with Crippen LogP contribution in [0.15, 0.2) is 23.1 Å². The van der Waals surface area contributed by atoms with Gasteiger partial charge in [0, 0.05) is 30.3 Å². The molecule has 0 amide bonds. The van der Waals surface area contributed by atoms with E-state index < -0.39 is 26.5 Å². The van der Waals surface area contributed by atoms with Crippen LogP contribution in [0.2, 0.25) is 0 Å². The number of sulfone groups is 1. The largest absolute Gasteiger partial charge is 0.476 e. The first kappa shape index (κ1) is 14.2. The molecule has 0 saturated heterocycles. The Balaban J connectivity index is 2.41. The van der Waals surface area contributed by atoms with Crippen molar-refractivity contribution in [3.63, 3.8) is 0 Å². The summed E-state index contributed by atoms with van der Waals surface area (Å²) in [5.74, 6) is -1.84. The molecular weight excluding hydrogens is 314 g/mol. The van der Waals surface area contributed by atoms with Crippen molar-refractivity contribution in [1.29, 1.82) is 0 Å². The molecular formula is C12H9N3O6S. The molecule has 9 nitrogen and oxygen atoms in total. The van der Waals surface area contributed by atoms with Gasteiger partial charge in [0.1, 0.15) is 0 Å². The van der Waals surface area contributed by atoms with Crippen LogP contribution in [0, 0.1) is 10.1 Å². The van der Waals surface area contributed by atoms with Gasteiger partial charge in [0.2, 0.25) is 0 Å². The molecule has 1 aromatic carbocycles. The van der Waals surface area contributed by atoms with E-state index >= 15 is 0 Å². The Morgan fingerprint density at radius 2 is 2.14 bits per heavy atom. The molecule has 1 N–H and O–H groups in total. The standard InChI is InChI=1S/C12H9N3O6S/c1-14-11-7-4-6(15(18)19)2-3-9(7)22(20,21)5-8(11)10(13-14)12(16)17/h2-4H,5H2,1H3,(H,16,17). The number of benzene rings is 1. The van der Waals surface area contributed by atoms with Gasteiger partial charge in [-0.2, -0.15) is 5.10 Å². The molecule has 2 aromatic rings. The average Bonchev–Trinajstić information content (AvgIpc) is 2.74. The predicted molar refractivity (Wildman–Crippen MR) is 73.1 cm³/mol. The summed E-state index contributed by atoms with van der Waals surface area (Å²) in [6.45, 7) is 0. The quantitative estimate of drug-likeness (QED) is 0.643. The second-order valence-electron chi connectivity index (χ2n) is 4.80. The third-order valence-electron chi connectivity index (χ3n) is 3.45. The van der Waals surface area contributed by atoms with Gasteiger partial charge in [-0.1, -0.05) is 0 Å². The van der Waals surface area contributed by atoms with Crippen molar-refractivity contribution < 1.29 is 23.2 Å². The van der Waals surface area contributed by atoms with Crippen LogP contribution in [0.5, 0.6) is 0 Å². The summed E-state index contributed by atoms with van der Waals surface area (Å²) in [4.78, 5) is 21.4. The van der Waals surface area contributed by atoms with Gasteiger partial charge in [0.05, 0.1) is 21.3 Å². The molecule has 10 heteroatoms. The Morgan fingerprint density at radius 1 is 1.45 bits per heavy atom. The van der Waals surface area contributed by atoms with Crippen LogP contribution in [-0.2, 0) is 22.6 Å². The van der Waals surface area contributed by atoms with E-state index in [4.69, 9.17) is 5.11 Å². The molecule has 2 heterocycles. The number of non-ortho nitro benzene ring substituents is 1.